The fraction of sp³-hybridized carbons (Fsp3) is 0.600. The van der Waals surface area contributed by atoms with Crippen molar-refractivity contribution in [3.8, 4) is 0 Å². The van der Waals surface area contributed by atoms with E-state index >= 15 is 0 Å². The number of carbonyl (C=O) groups excluding carboxylic acids is 1. The first-order valence-corrected chi connectivity index (χ1v) is 6.11. The monoisotopic (exact) mass is 289 g/mol. The van der Waals surface area contributed by atoms with Crippen molar-refractivity contribution in [2.45, 2.75) is 26.2 Å². The molecule has 106 valence electrons. The Morgan fingerprint density at radius 2 is 2.16 bits per heavy atom. The molecule has 1 aromatic heterocycles. The minimum atomic E-state index is -1.03. The molecule has 0 aliphatic carbocycles. The van der Waals surface area contributed by atoms with E-state index in [0.717, 1.165) is 11.3 Å². The van der Waals surface area contributed by atoms with Gasteiger partial charge in [0, 0.05) is 7.11 Å². The molecule has 1 N–H and O–H groups in total. The van der Waals surface area contributed by atoms with Crippen molar-refractivity contribution in [3.05, 3.63) is 15.5 Å². The molecule has 0 bridgehead atoms. The zero-order valence-electron chi connectivity index (χ0n) is 11.1. The molecule has 0 spiro atoms. The SMILES string of the molecule is COCc1nc(NC(C)(C)ON=O)sc1C(=O)OC. The fourth-order valence-corrected chi connectivity index (χ4v) is 2.30. The number of anilines is 1. The van der Waals surface area contributed by atoms with Gasteiger partial charge in [0.25, 0.3) is 0 Å². The third kappa shape index (κ3) is 4.14. The summed E-state index contributed by atoms with van der Waals surface area (Å²) in [5.41, 5.74) is -0.575. The quantitative estimate of drug-likeness (QED) is 0.354. The van der Waals surface area contributed by atoms with Gasteiger partial charge in [-0.2, -0.15) is 0 Å². The maximum Gasteiger partial charge on any atom is 0.350 e. The number of rotatable bonds is 7. The summed E-state index contributed by atoms with van der Waals surface area (Å²) in [5, 5.41) is 5.62. The molecule has 1 heterocycles. The van der Waals surface area contributed by atoms with Crippen LogP contribution in [-0.4, -0.2) is 30.9 Å². The molecule has 0 saturated carbocycles. The number of aromatic nitrogens is 1. The summed E-state index contributed by atoms with van der Waals surface area (Å²) in [6.07, 6.45) is 0. The van der Waals surface area contributed by atoms with Crippen LogP contribution in [0.1, 0.15) is 29.2 Å². The summed E-state index contributed by atoms with van der Waals surface area (Å²) >= 11 is 1.08. The van der Waals surface area contributed by atoms with Gasteiger partial charge in [0.15, 0.2) is 10.5 Å². The van der Waals surface area contributed by atoms with E-state index in [-0.39, 0.29) is 6.61 Å². The molecule has 9 heteroatoms. The summed E-state index contributed by atoms with van der Waals surface area (Å²) in [5.74, 6) is -0.496. The summed E-state index contributed by atoms with van der Waals surface area (Å²) in [6, 6.07) is 0. The molecule has 0 aromatic carbocycles. The molecule has 0 aliphatic rings. The van der Waals surface area contributed by atoms with Crippen LogP contribution in [-0.2, 0) is 20.9 Å². The molecule has 1 aromatic rings. The number of esters is 1. The van der Waals surface area contributed by atoms with Crippen LogP contribution in [0, 0.1) is 4.91 Å². The molecular formula is C10H15N3O5S. The Bertz CT molecular complexity index is 460. The van der Waals surface area contributed by atoms with Crippen molar-refractivity contribution in [3.63, 3.8) is 0 Å². The molecule has 8 nitrogen and oxygen atoms in total. The lowest BCUT2D eigenvalue weighted by molar-refractivity contribution is 0.00511. The number of thiazole rings is 1. The van der Waals surface area contributed by atoms with Gasteiger partial charge in [-0.05, 0) is 13.8 Å². The third-order valence-electron chi connectivity index (χ3n) is 2.02. The van der Waals surface area contributed by atoms with Crippen molar-refractivity contribution in [1.29, 1.82) is 0 Å². The van der Waals surface area contributed by atoms with E-state index < -0.39 is 11.7 Å². The van der Waals surface area contributed by atoms with Crippen LogP contribution in [0.4, 0.5) is 5.13 Å². The Labute approximate surface area is 114 Å². The molecule has 0 radical (unpaired) electrons. The van der Waals surface area contributed by atoms with Crippen molar-refractivity contribution in [2.75, 3.05) is 19.5 Å². The van der Waals surface area contributed by atoms with Crippen molar-refractivity contribution in [2.24, 2.45) is 5.34 Å². The number of hydrogen-bond donors (Lipinski definition) is 1. The summed E-state index contributed by atoms with van der Waals surface area (Å²) < 4.78 is 9.63. The van der Waals surface area contributed by atoms with Gasteiger partial charge in [-0.1, -0.05) is 11.3 Å². The average molecular weight is 289 g/mol. The Hall–Kier alpha value is -1.74. The highest BCUT2D eigenvalue weighted by Gasteiger charge is 2.25. The van der Waals surface area contributed by atoms with E-state index in [4.69, 9.17) is 4.74 Å². The lowest BCUT2D eigenvalue weighted by atomic mass is 10.3. The minimum Gasteiger partial charge on any atom is -0.465 e. The van der Waals surface area contributed by atoms with Crippen molar-refractivity contribution < 1.29 is 19.1 Å². The highest BCUT2D eigenvalue weighted by Crippen LogP contribution is 2.27. The van der Waals surface area contributed by atoms with E-state index in [1.165, 1.54) is 14.2 Å². The summed E-state index contributed by atoms with van der Waals surface area (Å²) in [4.78, 5) is 30.8. The second-order valence-corrected chi connectivity index (χ2v) is 5.02. The molecule has 0 unspecified atom stereocenters. The van der Waals surface area contributed by atoms with E-state index in [2.05, 4.69) is 25.2 Å². The van der Waals surface area contributed by atoms with Gasteiger partial charge in [0.1, 0.15) is 4.88 Å². The van der Waals surface area contributed by atoms with Gasteiger partial charge < -0.3 is 19.6 Å². The minimum absolute atomic E-state index is 0.176. The van der Waals surface area contributed by atoms with E-state index in [0.29, 0.717) is 15.7 Å². The highest BCUT2D eigenvalue weighted by atomic mass is 32.1. The molecule has 1 rings (SSSR count). The van der Waals surface area contributed by atoms with Crippen molar-refractivity contribution in [1.82, 2.24) is 4.98 Å². The Morgan fingerprint density at radius 3 is 2.68 bits per heavy atom. The van der Waals surface area contributed by atoms with Gasteiger partial charge in [-0.25, -0.2) is 9.78 Å². The Kier molecular flexibility index (Phi) is 5.19. The van der Waals surface area contributed by atoms with Crippen LogP contribution < -0.4 is 5.32 Å². The predicted octanol–water partition coefficient (Wildman–Crippen LogP) is 1.92. The maximum absolute atomic E-state index is 11.6. The number of nitrogens with one attached hydrogen (secondary N) is 1. The standard InChI is InChI=1S/C10H15N3O5S/c1-10(2,18-13-15)12-9-11-6(5-16-3)7(19-9)8(14)17-4/h5H2,1-4H3,(H,11,12). The fourth-order valence-electron chi connectivity index (χ4n) is 1.27. The molecule has 0 atom stereocenters. The van der Waals surface area contributed by atoms with Gasteiger partial charge >= 0.3 is 5.97 Å². The lowest BCUT2D eigenvalue weighted by Gasteiger charge is -2.20. The lowest BCUT2D eigenvalue weighted by Crippen LogP contribution is -2.32. The van der Waals surface area contributed by atoms with Crippen LogP contribution in [0.25, 0.3) is 0 Å². The van der Waals surface area contributed by atoms with Crippen LogP contribution in [0.3, 0.4) is 0 Å². The first-order valence-electron chi connectivity index (χ1n) is 5.29. The molecule has 0 aliphatic heterocycles. The molecule has 0 saturated heterocycles. The Morgan fingerprint density at radius 1 is 1.47 bits per heavy atom. The molecular weight excluding hydrogens is 274 g/mol. The second kappa shape index (κ2) is 6.43. The third-order valence-corrected chi connectivity index (χ3v) is 3.02. The van der Waals surface area contributed by atoms with E-state index in [1.54, 1.807) is 13.8 Å². The zero-order chi connectivity index (χ0) is 14.5. The van der Waals surface area contributed by atoms with E-state index in [1.807, 2.05) is 0 Å². The topological polar surface area (TPSA) is 99.1 Å². The van der Waals surface area contributed by atoms with Gasteiger partial charge in [-0.3, -0.25) is 0 Å². The number of nitrogens with zero attached hydrogens (tertiary/aromatic N) is 2. The van der Waals surface area contributed by atoms with Gasteiger partial charge in [0.05, 0.1) is 19.4 Å². The van der Waals surface area contributed by atoms with Crippen molar-refractivity contribution >= 4 is 22.4 Å². The van der Waals surface area contributed by atoms with Crippen LogP contribution in [0.5, 0.6) is 0 Å². The van der Waals surface area contributed by atoms with Gasteiger partial charge in [-0.15, -0.1) is 4.91 Å². The molecule has 0 fully saturated rings. The normalized spacial score (nSPS) is 10.9. The number of hydrogen-bond acceptors (Lipinski definition) is 9. The van der Waals surface area contributed by atoms with Crippen LogP contribution in [0.15, 0.2) is 5.34 Å². The van der Waals surface area contributed by atoms with Crippen LogP contribution >= 0.6 is 11.3 Å². The van der Waals surface area contributed by atoms with E-state index in [9.17, 15) is 9.70 Å². The Balaban J connectivity index is 2.97. The number of carbonyl (C=O) groups is 1. The smallest absolute Gasteiger partial charge is 0.350 e. The molecule has 19 heavy (non-hydrogen) atoms. The average Bonchev–Trinajstić information content (AvgIpc) is 2.70. The van der Waals surface area contributed by atoms with Crippen LogP contribution in [0.2, 0.25) is 0 Å². The number of ether oxygens (including phenoxy) is 2. The maximum atomic E-state index is 11.6. The zero-order valence-corrected chi connectivity index (χ0v) is 11.9. The predicted molar refractivity (Wildman–Crippen MR) is 68.7 cm³/mol. The molecule has 0 amide bonds. The second-order valence-electron chi connectivity index (χ2n) is 4.02. The first-order chi connectivity index (χ1) is 8.93. The summed E-state index contributed by atoms with van der Waals surface area (Å²) in [7, 11) is 2.78. The summed E-state index contributed by atoms with van der Waals surface area (Å²) in [6.45, 7) is 3.38. The number of methoxy groups -OCH3 is 2. The first kappa shape index (κ1) is 15.3. The largest absolute Gasteiger partial charge is 0.465 e. The highest BCUT2D eigenvalue weighted by molar-refractivity contribution is 7.17. The van der Waals surface area contributed by atoms with Gasteiger partial charge in [0.2, 0.25) is 5.72 Å².